The van der Waals surface area contributed by atoms with E-state index in [1.165, 1.54) is 11.8 Å². The second-order valence-electron chi connectivity index (χ2n) is 10.1. The number of aryl methyl sites for hydroxylation is 2. The Hall–Kier alpha value is -1.85. The van der Waals surface area contributed by atoms with Crippen LogP contribution in [0.5, 0.6) is 0 Å². The Balaban J connectivity index is 1.57. The maximum atomic E-state index is 10.9. The lowest BCUT2D eigenvalue weighted by Crippen LogP contribution is -2.39. The van der Waals surface area contributed by atoms with Crippen LogP contribution in [-0.2, 0) is 9.47 Å². The van der Waals surface area contributed by atoms with Gasteiger partial charge in [0.15, 0.2) is 10.9 Å². The molecule has 3 aromatic rings. The van der Waals surface area contributed by atoms with Crippen LogP contribution in [0.4, 0.5) is 5.82 Å². The van der Waals surface area contributed by atoms with Crippen molar-refractivity contribution in [2.24, 2.45) is 5.92 Å². The van der Waals surface area contributed by atoms with Gasteiger partial charge < -0.3 is 19.9 Å². The van der Waals surface area contributed by atoms with E-state index in [1.807, 2.05) is 60.1 Å². The van der Waals surface area contributed by atoms with Crippen molar-refractivity contribution in [2.75, 3.05) is 11.6 Å². The molecule has 4 unspecified atom stereocenters. The van der Waals surface area contributed by atoms with Gasteiger partial charge in [0.25, 0.3) is 0 Å². The van der Waals surface area contributed by atoms with E-state index in [1.54, 1.807) is 11.3 Å². The minimum atomic E-state index is -0.893. The van der Waals surface area contributed by atoms with E-state index in [0.29, 0.717) is 11.6 Å². The van der Waals surface area contributed by atoms with Crippen molar-refractivity contribution in [2.45, 2.75) is 82.8 Å². The highest BCUT2D eigenvalue weighted by atomic mass is 32.2. The molecule has 0 radical (unpaired) electrons. The molecule has 0 bridgehead atoms. The minimum Gasteiger partial charge on any atom is -0.390 e. The van der Waals surface area contributed by atoms with Crippen LogP contribution in [-0.4, -0.2) is 60.9 Å². The largest absolute Gasteiger partial charge is 0.390 e. The SMILES string of the molecule is CSc1nc(C)c(-c2nc3c(C)nccc3s2)c(NC2CC(C(C)(C)O)C3OC(C)(C)OC23)n1. The number of thiazole rings is 1. The van der Waals surface area contributed by atoms with Crippen molar-refractivity contribution in [1.82, 2.24) is 19.9 Å². The molecular weight excluding hydrogens is 470 g/mol. The number of hydrogen-bond acceptors (Lipinski definition) is 10. The molecule has 1 saturated carbocycles. The molecule has 0 spiro atoms. The summed E-state index contributed by atoms with van der Waals surface area (Å²) in [5.74, 6) is -0.0414. The second-order valence-corrected chi connectivity index (χ2v) is 11.9. The first kappa shape index (κ1) is 23.9. The van der Waals surface area contributed by atoms with Crippen LogP contribution >= 0.6 is 23.1 Å². The smallest absolute Gasteiger partial charge is 0.189 e. The number of nitrogens with one attached hydrogen (secondary N) is 1. The minimum absolute atomic E-state index is 0.0700. The summed E-state index contributed by atoms with van der Waals surface area (Å²) in [4.78, 5) is 18.9. The lowest BCUT2D eigenvalue weighted by molar-refractivity contribution is -0.166. The van der Waals surface area contributed by atoms with E-state index < -0.39 is 11.4 Å². The highest BCUT2D eigenvalue weighted by Crippen LogP contribution is 2.47. The third-order valence-electron chi connectivity index (χ3n) is 6.65. The van der Waals surface area contributed by atoms with Crippen molar-refractivity contribution in [3.63, 3.8) is 0 Å². The Kier molecular flexibility index (Phi) is 5.88. The van der Waals surface area contributed by atoms with Gasteiger partial charge in [-0.2, -0.15) is 0 Å². The lowest BCUT2D eigenvalue weighted by atomic mass is 9.87. The summed E-state index contributed by atoms with van der Waals surface area (Å²) in [5, 5.41) is 16.1. The Morgan fingerprint density at radius 2 is 1.88 bits per heavy atom. The van der Waals surface area contributed by atoms with E-state index in [2.05, 4.69) is 10.3 Å². The second kappa shape index (κ2) is 8.37. The van der Waals surface area contributed by atoms with Gasteiger partial charge in [-0.05, 0) is 60.3 Å². The first-order valence-electron chi connectivity index (χ1n) is 11.5. The van der Waals surface area contributed by atoms with E-state index in [-0.39, 0.29) is 24.2 Å². The molecule has 5 rings (SSSR count). The molecule has 1 aliphatic heterocycles. The molecule has 3 aromatic heterocycles. The van der Waals surface area contributed by atoms with Crippen molar-refractivity contribution < 1.29 is 14.6 Å². The number of aromatic nitrogens is 4. The molecule has 34 heavy (non-hydrogen) atoms. The number of ether oxygens (including phenoxy) is 2. The molecule has 1 aliphatic carbocycles. The lowest BCUT2D eigenvalue weighted by Gasteiger charge is -2.31. The van der Waals surface area contributed by atoms with Crippen LogP contribution < -0.4 is 5.32 Å². The van der Waals surface area contributed by atoms with E-state index >= 15 is 0 Å². The summed E-state index contributed by atoms with van der Waals surface area (Å²) < 4.78 is 13.6. The van der Waals surface area contributed by atoms with Gasteiger partial charge in [-0.15, -0.1) is 11.3 Å². The standard InChI is InChI=1S/C24H31N5O3S2/c1-11-16(21-28-17-12(2)25-9-8-15(17)34-21)20(29-22(26-11)33-7)27-14-10-13(23(3,4)30)18-19(14)32-24(5,6)31-18/h8-9,13-14,18-19,30H,10H2,1-7H3,(H,26,27,29). The molecule has 10 heteroatoms. The van der Waals surface area contributed by atoms with Gasteiger partial charge in [0.05, 0.1) is 39.4 Å². The fraction of sp³-hybridized carbons (Fsp3) is 0.583. The summed E-state index contributed by atoms with van der Waals surface area (Å²) in [6, 6.07) is 1.91. The average molecular weight is 502 g/mol. The Bertz CT molecular complexity index is 1240. The Morgan fingerprint density at radius 1 is 1.15 bits per heavy atom. The Labute approximate surface area is 207 Å². The zero-order chi connectivity index (χ0) is 24.4. The monoisotopic (exact) mass is 501 g/mol. The van der Waals surface area contributed by atoms with Gasteiger partial charge in [-0.1, -0.05) is 11.8 Å². The number of fused-ring (bicyclic) bond motifs is 2. The molecule has 8 nitrogen and oxygen atoms in total. The number of aliphatic hydroxyl groups is 1. The molecule has 2 aliphatic rings. The number of hydrogen-bond donors (Lipinski definition) is 2. The van der Waals surface area contributed by atoms with E-state index in [0.717, 1.165) is 38.0 Å². The fourth-order valence-corrected chi connectivity index (χ4v) is 6.60. The third-order valence-corrected chi connectivity index (χ3v) is 8.24. The first-order chi connectivity index (χ1) is 16.0. The number of pyridine rings is 1. The predicted molar refractivity (Wildman–Crippen MR) is 135 cm³/mol. The first-order valence-corrected chi connectivity index (χ1v) is 13.5. The van der Waals surface area contributed by atoms with Crippen LogP contribution in [0.3, 0.4) is 0 Å². The zero-order valence-corrected chi connectivity index (χ0v) is 22.2. The molecule has 2 fully saturated rings. The van der Waals surface area contributed by atoms with Crippen LogP contribution in [0.25, 0.3) is 20.8 Å². The maximum absolute atomic E-state index is 10.9. The molecule has 182 valence electrons. The van der Waals surface area contributed by atoms with Gasteiger partial charge in [-0.25, -0.2) is 15.0 Å². The van der Waals surface area contributed by atoms with Crippen LogP contribution in [0.15, 0.2) is 17.4 Å². The molecule has 0 aromatic carbocycles. The zero-order valence-electron chi connectivity index (χ0n) is 20.5. The maximum Gasteiger partial charge on any atom is 0.189 e. The molecule has 4 heterocycles. The van der Waals surface area contributed by atoms with Gasteiger partial charge in [0.1, 0.15) is 22.4 Å². The van der Waals surface area contributed by atoms with E-state index in [9.17, 15) is 5.11 Å². The predicted octanol–water partition coefficient (Wildman–Crippen LogP) is 4.58. The summed E-state index contributed by atoms with van der Waals surface area (Å²) in [6.45, 7) is 11.5. The quantitative estimate of drug-likeness (QED) is 0.384. The summed E-state index contributed by atoms with van der Waals surface area (Å²) in [7, 11) is 0. The van der Waals surface area contributed by atoms with Crippen molar-refractivity contribution in [1.29, 1.82) is 0 Å². The summed E-state index contributed by atoms with van der Waals surface area (Å²) in [5.41, 5.74) is 2.66. The molecule has 0 amide bonds. The highest BCUT2D eigenvalue weighted by molar-refractivity contribution is 7.98. The van der Waals surface area contributed by atoms with Crippen molar-refractivity contribution >= 4 is 39.1 Å². The molecule has 1 saturated heterocycles. The molecular formula is C24H31N5O3S2. The number of anilines is 1. The summed E-state index contributed by atoms with van der Waals surface area (Å²) >= 11 is 3.12. The molecule has 4 atom stereocenters. The van der Waals surface area contributed by atoms with Gasteiger partial charge in [0.2, 0.25) is 0 Å². The number of rotatable bonds is 5. The summed E-state index contributed by atoms with van der Waals surface area (Å²) in [6.07, 6.45) is 4.09. The van der Waals surface area contributed by atoms with Crippen molar-refractivity contribution in [3.05, 3.63) is 23.7 Å². The Morgan fingerprint density at radius 3 is 2.56 bits per heavy atom. The van der Waals surface area contributed by atoms with Gasteiger partial charge in [-0.3, -0.25) is 4.98 Å². The highest BCUT2D eigenvalue weighted by Gasteiger charge is 2.57. The number of thioether (sulfide) groups is 1. The van der Waals surface area contributed by atoms with Gasteiger partial charge in [0, 0.05) is 12.1 Å². The average Bonchev–Trinajstić information content (AvgIpc) is 3.39. The van der Waals surface area contributed by atoms with E-state index in [4.69, 9.17) is 24.4 Å². The molecule has 2 N–H and O–H groups in total. The van der Waals surface area contributed by atoms with Gasteiger partial charge >= 0.3 is 0 Å². The fourth-order valence-electron chi connectivity index (χ4n) is 5.08. The van der Waals surface area contributed by atoms with Crippen LogP contribution in [0, 0.1) is 19.8 Å². The van der Waals surface area contributed by atoms with Crippen molar-refractivity contribution in [3.8, 4) is 10.6 Å². The van der Waals surface area contributed by atoms with Crippen LogP contribution in [0.2, 0.25) is 0 Å². The third kappa shape index (κ3) is 4.19. The number of nitrogens with zero attached hydrogens (tertiary/aromatic N) is 4. The normalized spacial score (nSPS) is 26.2. The topological polar surface area (TPSA) is 102 Å². The van der Waals surface area contributed by atoms with Crippen LogP contribution in [0.1, 0.15) is 45.5 Å².